The van der Waals surface area contributed by atoms with Gasteiger partial charge in [-0.2, -0.15) is 0 Å². The molecule has 1 aromatic carbocycles. The van der Waals surface area contributed by atoms with E-state index < -0.39 is 23.8 Å². The van der Waals surface area contributed by atoms with Crippen LogP contribution in [0.3, 0.4) is 0 Å². The molecule has 1 fully saturated rings. The summed E-state index contributed by atoms with van der Waals surface area (Å²) in [7, 11) is 1.57. The maximum Gasteiger partial charge on any atom is 0.402 e. The Morgan fingerprint density at radius 2 is 1.97 bits per heavy atom. The van der Waals surface area contributed by atoms with E-state index >= 15 is 0 Å². The molecule has 1 aromatic heterocycles. The Morgan fingerprint density at radius 3 is 2.59 bits per heavy atom. The highest BCUT2D eigenvalue weighted by Crippen LogP contribution is 2.34. The topological polar surface area (TPSA) is 61.8 Å². The van der Waals surface area contributed by atoms with Crippen LogP contribution in [-0.4, -0.2) is 39.2 Å². The largest absolute Gasteiger partial charge is 0.402 e. The first-order valence-electron chi connectivity index (χ1n) is 9.38. The number of amidine groups is 1. The van der Waals surface area contributed by atoms with Crippen molar-refractivity contribution in [3.05, 3.63) is 46.0 Å². The lowest BCUT2D eigenvalue weighted by Gasteiger charge is -2.33. The molecule has 2 aromatic rings. The molecule has 3 heterocycles. The van der Waals surface area contributed by atoms with Crippen molar-refractivity contribution < 1.29 is 18.5 Å². The molecule has 0 radical (unpaired) electrons. The molecule has 0 N–H and O–H groups in total. The molecule has 7 nitrogen and oxygen atoms in total. The van der Waals surface area contributed by atoms with E-state index in [1.54, 1.807) is 7.05 Å². The van der Waals surface area contributed by atoms with E-state index in [1.807, 2.05) is 36.8 Å². The molecule has 0 spiro atoms. The van der Waals surface area contributed by atoms with Crippen LogP contribution in [0.15, 0.2) is 23.2 Å². The van der Waals surface area contributed by atoms with Crippen LogP contribution in [0, 0.1) is 19.7 Å². The third-order valence-corrected chi connectivity index (χ3v) is 6.00. The summed E-state index contributed by atoms with van der Waals surface area (Å²) in [6.07, 6.45) is 0. The van der Waals surface area contributed by atoms with Crippen molar-refractivity contribution in [3.63, 3.8) is 0 Å². The molecule has 0 aliphatic carbocycles. The molecule has 2 aliphatic rings. The van der Waals surface area contributed by atoms with Crippen molar-refractivity contribution in [2.24, 2.45) is 4.99 Å². The summed E-state index contributed by atoms with van der Waals surface area (Å²) >= 11 is 6.12. The van der Waals surface area contributed by atoms with Crippen LogP contribution in [0.25, 0.3) is 0 Å². The van der Waals surface area contributed by atoms with Crippen LogP contribution in [-0.2, 0) is 11.3 Å². The predicted octanol–water partition coefficient (Wildman–Crippen LogP) is 3.44. The first kappa shape index (κ1) is 19.6. The van der Waals surface area contributed by atoms with Gasteiger partial charge in [0.05, 0.1) is 12.6 Å². The van der Waals surface area contributed by atoms with Crippen LogP contribution in [0.2, 0.25) is 5.02 Å². The number of imidazole rings is 1. The number of rotatable bonds is 3. The number of aromatic nitrogens is 2. The van der Waals surface area contributed by atoms with Crippen molar-refractivity contribution in [1.29, 1.82) is 0 Å². The number of benzene rings is 1. The Kier molecular flexibility index (Phi) is 4.49. The summed E-state index contributed by atoms with van der Waals surface area (Å²) in [4.78, 5) is 33.3. The molecule has 1 saturated heterocycles. The molecular formula is C20H22ClFN5O2+. The molecule has 3 amide bonds. The monoisotopic (exact) mass is 418 g/mol. The third kappa shape index (κ3) is 2.69. The second-order valence-electron chi connectivity index (χ2n) is 7.64. The summed E-state index contributed by atoms with van der Waals surface area (Å²) in [6, 6.07) is 3.10. The highest BCUT2D eigenvalue weighted by molar-refractivity contribution is 6.31. The number of hydrogen-bond donors (Lipinski definition) is 0. The molecule has 0 bridgehead atoms. The Hall–Kier alpha value is -2.74. The Balaban J connectivity index is 1.81. The van der Waals surface area contributed by atoms with Gasteiger partial charge in [-0.25, -0.2) is 18.3 Å². The lowest BCUT2D eigenvalue weighted by atomic mass is 10.1. The Bertz CT molecular complexity index is 1070. The molecule has 152 valence electrons. The number of nitrogens with zero attached hydrogens (tertiary/aromatic N) is 5. The standard InChI is InChI=1S/C20H22ClFN5O2/c1-10(2)26-11(3)12(4)27-16-17(23-19(26)27)24(5)20(29)25(18(16)28)9-13-14(21)7-6-8-15(13)22/h6-8,10,16H,9H2,1-5H3/q+1. The molecule has 9 heteroatoms. The van der Waals surface area contributed by atoms with Gasteiger partial charge < -0.3 is 0 Å². The number of hydrogen-bond acceptors (Lipinski definition) is 3. The van der Waals surface area contributed by atoms with Crippen molar-refractivity contribution in [3.8, 4) is 0 Å². The number of amides is 3. The van der Waals surface area contributed by atoms with Crippen LogP contribution >= 0.6 is 11.6 Å². The van der Waals surface area contributed by atoms with Crippen LogP contribution in [0.1, 0.15) is 42.9 Å². The summed E-state index contributed by atoms with van der Waals surface area (Å²) in [6.45, 7) is 7.75. The van der Waals surface area contributed by atoms with E-state index in [0.29, 0.717) is 11.8 Å². The van der Waals surface area contributed by atoms with E-state index in [4.69, 9.17) is 11.6 Å². The van der Waals surface area contributed by atoms with Crippen molar-refractivity contribution >= 4 is 35.3 Å². The maximum atomic E-state index is 14.3. The fraction of sp³-hybridized carbons (Fsp3) is 0.400. The van der Waals surface area contributed by atoms with Gasteiger partial charge in [-0.3, -0.25) is 14.6 Å². The normalized spacial score (nSPS) is 18.5. The van der Waals surface area contributed by atoms with Crippen molar-refractivity contribution in [2.45, 2.75) is 46.3 Å². The van der Waals surface area contributed by atoms with Gasteiger partial charge in [0.1, 0.15) is 17.2 Å². The number of imide groups is 1. The number of urea groups is 1. The smallest absolute Gasteiger partial charge is 0.270 e. The fourth-order valence-electron chi connectivity index (χ4n) is 4.07. The SMILES string of the molecule is Cc1c(C)[n+]2c(n1C(C)C)N=C1C2C(=O)N(Cc2c(F)cccc2Cl)C(=O)N1C. The number of carbonyl (C=O) groups is 2. The highest BCUT2D eigenvalue weighted by Gasteiger charge is 2.54. The molecule has 0 saturated carbocycles. The molecule has 2 aliphatic heterocycles. The highest BCUT2D eigenvalue weighted by atomic mass is 35.5. The molecule has 1 atom stereocenters. The Labute approximate surface area is 173 Å². The van der Waals surface area contributed by atoms with Crippen LogP contribution in [0.4, 0.5) is 15.1 Å². The van der Waals surface area contributed by atoms with Gasteiger partial charge in [-0.1, -0.05) is 22.7 Å². The fourth-order valence-corrected chi connectivity index (χ4v) is 4.29. The molecular weight excluding hydrogens is 397 g/mol. The second-order valence-corrected chi connectivity index (χ2v) is 8.05. The molecule has 29 heavy (non-hydrogen) atoms. The number of aliphatic imine (C=N–C) groups is 1. The molecule has 4 rings (SSSR count). The third-order valence-electron chi connectivity index (χ3n) is 5.65. The average molecular weight is 419 g/mol. The second kappa shape index (κ2) is 6.66. The van der Waals surface area contributed by atoms with Gasteiger partial charge in [-0.05, 0) is 39.8 Å². The van der Waals surface area contributed by atoms with Gasteiger partial charge in [0.25, 0.3) is 5.91 Å². The van der Waals surface area contributed by atoms with Gasteiger partial charge in [0.15, 0.2) is 0 Å². The van der Waals surface area contributed by atoms with Crippen LogP contribution in [0.5, 0.6) is 0 Å². The zero-order valence-corrected chi connectivity index (χ0v) is 17.7. The van der Waals surface area contributed by atoms with Gasteiger partial charge >= 0.3 is 12.0 Å². The lowest BCUT2D eigenvalue weighted by Crippen LogP contribution is -2.63. The first-order valence-corrected chi connectivity index (χ1v) is 9.76. The lowest BCUT2D eigenvalue weighted by molar-refractivity contribution is -0.683. The van der Waals surface area contributed by atoms with Crippen LogP contribution < -0.4 is 4.57 Å². The summed E-state index contributed by atoms with van der Waals surface area (Å²) in [5.74, 6) is 0.00838. The number of halogens is 2. The average Bonchev–Trinajstić information content (AvgIpc) is 3.15. The number of fused-ring (bicyclic) bond motifs is 3. The number of carbonyl (C=O) groups excluding carboxylic acids is 2. The summed E-state index contributed by atoms with van der Waals surface area (Å²) < 4.78 is 18.2. The quantitative estimate of drug-likeness (QED) is 0.717. The summed E-state index contributed by atoms with van der Waals surface area (Å²) in [5, 5.41) is 0.172. The van der Waals surface area contributed by atoms with Gasteiger partial charge in [0, 0.05) is 17.6 Å². The minimum atomic E-state index is -0.767. The van der Waals surface area contributed by atoms with E-state index in [1.165, 1.54) is 23.1 Å². The van der Waals surface area contributed by atoms with E-state index in [2.05, 4.69) is 4.99 Å². The minimum absolute atomic E-state index is 0.112. The number of likely N-dealkylation sites (N-methyl/N-ethyl adjacent to an activating group) is 1. The van der Waals surface area contributed by atoms with Crippen molar-refractivity contribution in [1.82, 2.24) is 14.4 Å². The van der Waals surface area contributed by atoms with Crippen molar-refractivity contribution in [2.75, 3.05) is 7.05 Å². The predicted molar refractivity (Wildman–Crippen MR) is 106 cm³/mol. The maximum absolute atomic E-state index is 14.3. The summed E-state index contributed by atoms with van der Waals surface area (Å²) in [5.41, 5.74) is 2.02. The minimum Gasteiger partial charge on any atom is -0.270 e. The van der Waals surface area contributed by atoms with E-state index in [0.717, 1.165) is 16.3 Å². The first-order chi connectivity index (χ1) is 13.6. The molecule has 1 unspecified atom stereocenters. The van der Waals surface area contributed by atoms with E-state index in [-0.39, 0.29) is 23.2 Å². The van der Waals surface area contributed by atoms with Gasteiger partial charge in [0.2, 0.25) is 11.9 Å². The van der Waals surface area contributed by atoms with Gasteiger partial charge in [-0.15, -0.1) is 0 Å². The Morgan fingerprint density at radius 1 is 1.28 bits per heavy atom. The van der Waals surface area contributed by atoms with E-state index in [9.17, 15) is 14.0 Å². The zero-order chi connectivity index (χ0) is 21.2. The zero-order valence-electron chi connectivity index (χ0n) is 16.9.